The number of benzene rings is 2. The molecule has 0 unspecified atom stereocenters. The maximum atomic E-state index is 12.9. The number of rotatable bonds is 13. The Morgan fingerprint density at radius 2 is 1.19 bits per heavy atom. The van der Waals surface area contributed by atoms with Gasteiger partial charge in [-0.15, -0.1) is 25.7 Å². The summed E-state index contributed by atoms with van der Waals surface area (Å²) in [5, 5.41) is 4.90. The van der Waals surface area contributed by atoms with Gasteiger partial charge < -0.3 is 49.3 Å². The van der Waals surface area contributed by atoms with Crippen LogP contribution in [0.5, 0.6) is 5.75 Å². The average molecular weight is 959 g/mol. The highest BCUT2D eigenvalue weighted by atomic mass is 16.5. The fraction of sp³-hybridized carbons (Fsp3) is 0.509. The molecular weight excluding hydrogens is 877 g/mol. The smallest absolute Gasteiger partial charge is 0.407 e. The first-order valence-electron chi connectivity index (χ1n) is 23.8. The van der Waals surface area contributed by atoms with Crippen molar-refractivity contribution in [1.29, 1.82) is 0 Å². The van der Waals surface area contributed by atoms with E-state index in [9.17, 15) is 19.2 Å². The van der Waals surface area contributed by atoms with Crippen molar-refractivity contribution >= 4 is 24.0 Å². The van der Waals surface area contributed by atoms with Gasteiger partial charge >= 0.3 is 12.2 Å². The Bertz CT molecular complexity index is 2110. The van der Waals surface area contributed by atoms with E-state index in [2.05, 4.69) is 124 Å². The maximum absolute atomic E-state index is 12.9. The number of fused-ring (bicyclic) bond motifs is 6. The van der Waals surface area contributed by atoms with E-state index in [1.54, 1.807) is 30.2 Å². The van der Waals surface area contributed by atoms with E-state index in [1.807, 2.05) is 41.5 Å². The van der Waals surface area contributed by atoms with Gasteiger partial charge in [-0.1, -0.05) is 94.2 Å². The third-order valence-electron chi connectivity index (χ3n) is 9.16. The van der Waals surface area contributed by atoms with Crippen molar-refractivity contribution in [1.82, 2.24) is 40.4 Å². The van der Waals surface area contributed by atoms with Gasteiger partial charge in [0.2, 0.25) is 11.8 Å². The molecule has 0 radical (unpaired) electrons. The normalized spacial score (nSPS) is 10.3. The number of imidazole rings is 2. The van der Waals surface area contributed by atoms with Crippen LogP contribution in [0.1, 0.15) is 123 Å². The molecule has 1 aliphatic heterocycles. The summed E-state index contributed by atoms with van der Waals surface area (Å²) in [7, 11) is 5.77. The number of H-pyrrole nitrogens is 2. The number of hydrogen-bond donors (Lipinski definition) is 4. The first-order valence-corrected chi connectivity index (χ1v) is 23.8. The summed E-state index contributed by atoms with van der Waals surface area (Å²) in [6.45, 7) is 22.2. The minimum atomic E-state index is -0.653. The maximum Gasteiger partial charge on any atom is 0.407 e. The van der Waals surface area contributed by atoms with Crippen molar-refractivity contribution < 1.29 is 38.1 Å². The van der Waals surface area contributed by atoms with E-state index in [-0.39, 0.29) is 31.4 Å². The lowest BCUT2D eigenvalue weighted by molar-refractivity contribution is -0.131. The molecular formula is C53H82N8O8. The molecule has 3 heterocycles. The Hall–Kier alpha value is -6.78. The minimum absolute atomic E-state index is 0.149. The summed E-state index contributed by atoms with van der Waals surface area (Å²) < 4.78 is 19.7. The summed E-state index contributed by atoms with van der Waals surface area (Å²) in [4.78, 5) is 68.1. The average Bonchev–Trinajstić information content (AvgIpc) is 4.04. The van der Waals surface area contributed by atoms with Crippen LogP contribution in [0.15, 0.2) is 36.5 Å². The van der Waals surface area contributed by atoms with Crippen LogP contribution in [0.2, 0.25) is 0 Å². The molecule has 2 aliphatic rings. The fourth-order valence-corrected chi connectivity index (χ4v) is 6.62. The number of nitrogens with one attached hydrogen (secondary N) is 4. The van der Waals surface area contributed by atoms with Gasteiger partial charge in [-0.05, 0) is 66.1 Å². The van der Waals surface area contributed by atoms with Gasteiger partial charge in [-0.25, -0.2) is 19.6 Å². The second-order valence-electron chi connectivity index (χ2n) is 14.6. The predicted octanol–water partition coefficient (Wildman–Crippen LogP) is 9.96. The van der Waals surface area contributed by atoms with Crippen molar-refractivity contribution in [2.75, 3.05) is 54.6 Å². The molecule has 69 heavy (non-hydrogen) atoms. The quantitative estimate of drug-likeness (QED) is 0.0938. The van der Waals surface area contributed by atoms with Crippen molar-refractivity contribution in [3.05, 3.63) is 65.0 Å². The molecule has 1 aliphatic carbocycles. The molecule has 4 N–H and O–H groups in total. The number of nitrogens with zero attached hydrogens (tertiary/aromatic N) is 4. The number of terminal acetylenes is 2. The zero-order valence-electron chi connectivity index (χ0n) is 44.0. The van der Waals surface area contributed by atoms with Crippen molar-refractivity contribution in [3.63, 3.8) is 0 Å². The number of amides is 4. The summed E-state index contributed by atoms with van der Waals surface area (Å²) in [6, 6.07) is 10.5. The standard InChI is InChI=1S/C37H44N8O7.2C3H8.C2H6O.2C2H6.2C2H2/c1-5-11-44(33(46)17-39-36(48)50-3)19-31-38-16-29(42-31)23-7-9-25-24(13-23)21-52-30-15-26-22(14-27(25)30)8-10-28-35(26)43-32(41-28)20-45(12-6-2)34(47)18-40-37(49)51-4;3*1-3-2;4*1-2/h7,9,13-16H,5-6,8,10-12,17-21H2,1-4H3,(H,38,42)(H,39,48)(H,40,49)(H,41,43);2*3H2,1-2H3;1-2H3;2*1-2H3;2*1-2H. The zero-order valence-corrected chi connectivity index (χ0v) is 44.0. The van der Waals surface area contributed by atoms with Gasteiger partial charge in [0.1, 0.15) is 37.1 Å². The molecule has 16 heteroatoms. The molecule has 0 atom stereocenters. The van der Waals surface area contributed by atoms with E-state index >= 15 is 0 Å². The van der Waals surface area contributed by atoms with Crippen molar-refractivity contribution in [2.45, 2.75) is 127 Å². The fourth-order valence-electron chi connectivity index (χ4n) is 6.62. The van der Waals surface area contributed by atoms with Gasteiger partial charge in [0, 0.05) is 44.1 Å². The molecule has 2 aromatic heterocycles. The van der Waals surface area contributed by atoms with Crippen LogP contribution in [0.4, 0.5) is 9.59 Å². The molecule has 382 valence electrons. The van der Waals surface area contributed by atoms with Gasteiger partial charge in [-0.2, -0.15) is 0 Å². The van der Waals surface area contributed by atoms with E-state index in [0.717, 1.165) is 76.3 Å². The lowest BCUT2D eigenvalue weighted by atomic mass is 9.86. The highest BCUT2D eigenvalue weighted by molar-refractivity contribution is 5.84. The number of aromatic amines is 2. The van der Waals surface area contributed by atoms with Gasteiger partial charge in [0.15, 0.2) is 0 Å². The van der Waals surface area contributed by atoms with Crippen LogP contribution in [-0.2, 0) is 56.3 Å². The van der Waals surface area contributed by atoms with Crippen LogP contribution in [-0.4, -0.2) is 108 Å². The summed E-state index contributed by atoms with van der Waals surface area (Å²) >= 11 is 0. The second-order valence-corrected chi connectivity index (χ2v) is 14.6. The van der Waals surface area contributed by atoms with Crippen LogP contribution in [0, 0.1) is 25.7 Å². The molecule has 0 bridgehead atoms. The van der Waals surface area contributed by atoms with Gasteiger partial charge in [-0.3, -0.25) is 9.59 Å². The van der Waals surface area contributed by atoms with Gasteiger partial charge in [0.25, 0.3) is 0 Å². The highest BCUT2D eigenvalue weighted by Crippen LogP contribution is 2.44. The largest absolute Gasteiger partial charge is 0.488 e. The third-order valence-corrected chi connectivity index (χ3v) is 9.16. The highest BCUT2D eigenvalue weighted by Gasteiger charge is 2.27. The molecule has 0 spiro atoms. The SMILES string of the molecule is C#C.C#C.CC.CC.CCC.CCC.CCCN(Cc1ncc(-c2ccc3c(c2)COc2cc4c(cc2-3)CCc2[nH]c(CN(CCC)C(=O)CNC(=O)OC)nc2-4)[nH]1)C(=O)CNC(=O)OC.COC. The number of carbonyl (C=O) groups excluding carboxylic acids is 4. The molecule has 0 fully saturated rings. The van der Waals surface area contributed by atoms with E-state index in [0.29, 0.717) is 37.9 Å². The first kappa shape index (κ1) is 64.3. The second kappa shape index (κ2) is 38.2. The van der Waals surface area contributed by atoms with E-state index in [4.69, 9.17) is 9.72 Å². The Morgan fingerprint density at radius 3 is 1.68 bits per heavy atom. The molecule has 4 aromatic rings. The number of alkyl carbamates (subject to hydrolysis) is 2. The Labute approximate surface area is 413 Å². The summed E-state index contributed by atoms with van der Waals surface area (Å²) in [5.41, 5.74) is 9.06. The molecule has 6 rings (SSSR count). The first-order chi connectivity index (χ1) is 33.4. The predicted molar refractivity (Wildman–Crippen MR) is 278 cm³/mol. The number of aryl methyl sites for hydroxylation is 2. The Kier molecular flexibility index (Phi) is 35.6. The monoisotopic (exact) mass is 959 g/mol. The lowest BCUT2D eigenvalue weighted by Crippen LogP contribution is -2.40. The number of carbonyl (C=O) groups is 4. The van der Waals surface area contributed by atoms with Crippen LogP contribution in [0.25, 0.3) is 33.6 Å². The molecule has 0 saturated heterocycles. The molecule has 0 saturated carbocycles. The van der Waals surface area contributed by atoms with E-state index in [1.165, 1.54) is 32.6 Å². The number of hydrogen-bond acceptors (Lipinski definition) is 10. The van der Waals surface area contributed by atoms with Crippen LogP contribution >= 0.6 is 0 Å². The Morgan fingerprint density at radius 1 is 0.681 bits per heavy atom. The number of aromatic nitrogens is 4. The molecule has 4 amide bonds. The summed E-state index contributed by atoms with van der Waals surface area (Å²) in [6.07, 6.45) is 22.1. The van der Waals surface area contributed by atoms with Gasteiger partial charge in [0.05, 0.1) is 44.9 Å². The van der Waals surface area contributed by atoms with E-state index < -0.39 is 12.2 Å². The zero-order chi connectivity index (χ0) is 52.9. The van der Waals surface area contributed by atoms with Crippen molar-refractivity contribution in [2.24, 2.45) is 0 Å². The summed E-state index contributed by atoms with van der Waals surface area (Å²) in [5.74, 6) is 1.69. The number of methoxy groups -OCH3 is 3. The lowest BCUT2D eigenvalue weighted by Gasteiger charge is -2.25. The number of ether oxygens (including phenoxy) is 4. The third kappa shape index (κ3) is 21.0. The van der Waals surface area contributed by atoms with Crippen LogP contribution in [0.3, 0.4) is 0 Å². The topological polar surface area (TPSA) is 193 Å². The Balaban J connectivity index is 0. The minimum Gasteiger partial charge on any atom is -0.488 e. The van der Waals surface area contributed by atoms with Crippen LogP contribution < -0.4 is 15.4 Å². The molecule has 2 aromatic carbocycles. The molecule has 16 nitrogen and oxygen atoms in total. The van der Waals surface area contributed by atoms with Crippen molar-refractivity contribution in [3.8, 4) is 65.1 Å².